The number of urea groups is 2. The van der Waals surface area contributed by atoms with Crippen LogP contribution >= 0.6 is 11.6 Å². The van der Waals surface area contributed by atoms with Crippen LogP contribution in [0.15, 0.2) is 48.5 Å². The van der Waals surface area contributed by atoms with Gasteiger partial charge in [0.05, 0.1) is 16.6 Å². The molecule has 10 heteroatoms. The summed E-state index contributed by atoms with van der Waals surface area (Å²) in [5.74, 6) is 0. The Balaban J connectivity index is 1.34. The first-order chi connectivity index (χ1) is 14.6. The number of hydrogen-bond donors (Lipinski definition) is 4. The van der Waals surface area contributed by atoms with Crippen molar-refractivity contribution in [3.63, 3.8) is 0 Å². The van der Waals surface area contributed by atoms with Crippen LogP contribution in [-0.2, 0) is 6.18 Å². The van der Waals surface area contributed by atoms with Crippen molar-refractivity contribution in [3.8, 4) is 0 Å². The van der Waals surface area contributed by atoms with Crippen LogP contribution < -0.4 is 21.3 Å². The van der Waals surface area contributed by atoms with E-state index in [0.29, 0.717) is 23.6 Å². The number of carbonyl (C=O) groups excluding carboxylic acids is 2. The van der Waals surface area contributed by atoms with Crippen LogP contribution in [0.25, 0.3) is 0 Å². The van der Waals surface area contributed by atoms with Crippen molar-refractivity contribution in [1.29, 1.82) is 0 Å². The molecule has 2 aliphatic carbocycles. The first-order valence-electron chi connectivity index (χ1n) is 9.72. The SMILES string of the molecule is O=C(Nc1ccc(Cl)cc1)NC1(C2(NC(=O)Nc3ccc(C(F)(F)F)cc3)CC2)CC1. The molecule has 0 radical (unpaired) electrons. The van der Waals surface area contributed by atoms with E-state index < -0.39 is 28.8 Å². The van der Waals surface area contributed by atoms with Crippen molar-refractivity contribution in [2.45, 2.75) is 42.9 Å². The maximum Gasteiger partial charge on any atom is 0.416 e. The van der Waals surface area contributed by atoms with E-state index in [-0.39, 0.29) is 11.7 Å². The van der Waals surface area contributed by atoms with E-state index in [0.717, 1.165) is 25.0 Å². The molecular weight excluding hydrogens is 433 g/mol. The molecule has 0 heterocycles. The van der Waals surface area contributed by atoms with E-state index >= 15 is 0 Å². The van der Waals surface area contributed by atoms with Gasteiger partial charge in [0.2, 0.25) is 0 Å². The average molecular weight is 453 g/mol. The monoisotopic (exact) mass is 452 g/mol. The van der Waals surface area contributed by atoms with Gasteiger partial charge < -0.3 is 21.3 Å². The summed E-state index contributed by atoms with van der Waals surface area (Å²) in [7, 11) is 0. The fourth-order valence-electron chi connectivity index (χ4n) is 3.73. The zero-order valence-electron chi connectivity index (χ0n) is 16.3. The Hall–Kier alpha value is -2.94. The predicted octanol–water partition coefficient (Wildman–Crippen LogP) is 5.37. The zero-order valence-corrected chi connectivity index (χ0v) is 17.0. The lowest BCUT2D eigenvalue weighted by Gasteiger charge is -2.29. The van der Waals surface area contributed by atoms with Gasteiger partial charge in [0.25, 0.3) is 0 Å². The average Bonchev–Trinajstić information content (AvgIpc) is 3.61. The number of carbonyl (C=O) groups is 2. The third kappa shape index (κ3) is 4.71. The van der Waals surface area contributed by atoms with Gasteiger partial charge in [0, 0.05) is 16.4 Å². The van der Waals surface area contributed by atoms with Crippen molar-refractivity contribution in [2.24, 2.45) is 0 Å². The molecule has 4 amide bonds. The highest BCUT2D eigenvalue weighted by Gasteiger charge is 2.67. The second-order valence-corrected chi connectivity index (χ2v) is 8.34. The number of hydrogen-bond acceptors (Lipinski definition) is 2. The summed E-state index contributed by atoms with van der Waals surface area (Å²) >= 11 is 5.84. The second kappa shape index (κ2) is 7.64. The van der Waals surface area contributed by atoms with Crippen molar-refractivity contribution in [3.05, 3.63) is 59.1 Å². The van der Waals surface area contributed by atoms with E-state index in [4.69, 9.17) is 11.6 Å². The molecule has 0 aromatic heterocycles. The Morgan fingerprint density at radius 3 is 1.48 bits per heavy atom. The van der Waals surface area contributed by atoms with Gasteiger partial charge in [0.1, 0.15) is 0 Å². The minimum atomic E-state index is -4.44. The van der Waals surface area contributed by atoms with Crippen molar-refractivity contribution >= 4 is 35.0 Å². The Bertz CT molecular complexity index is 985. The second-order valence-electron chi connectivity index (χ2n) is 7.90. The molecule has 0 saturated heterocycles. The molecule has 6 nitrogen and oxygen atoms in total. The molecule has 0 bridgehead atoms. The molecule has 2 fully saturated rings. The maximum atomic E-state index is 12.7. The minimum absolute atomic E-state index is 0.250. The van der Waals surface area contributed by atoms with E-state index in [1.165, 1.54) is 12.1 Å². The lowest BCUT2D eigenvalue weighted by Crippen LogP contribution is -2.57. The molecule has 164 valence electrons. The summed E-state index contributed by atoms with van der Waals surface area (Å²) in [6.45, 7) is 0. The van der Waals surface area contributed by atoms with Gasteiger partial charge in [-0.25, -0.2) is 9.59 Å². The van der Waals surface area contributed by atoms with Gasteiger partial charge >= 0.3 is 18.2 Å². The standard InChI is InChI=1S/C21H20ClF3N4O2/c22-14-3-7-16(8-4-14)27-18(31)29-20(11-12-20)19(9-10-19)28-17(30)26-15-5-1-13(2-6-15)21(23,24)25/h1-8H,9-12H2,(H2,26,28,30)(H2,27,29,31). The maximum absolute atomic E-state index is 12.7. The van der Waals surface area contributed by atoms with E-state index in [1.54, 1.807) is 24.3 Å². The van der Waals surface area contributed by atoms with Crippen LogP contribution in [-0.4, -0.2) is 23.1 Å². The number of benzene rings is 2. The lowest BCUT2D eigenvalue weighted by atomic mass is 10.0. The highest BCUT2D eigenvalue weighted by Crippen LogP contribution is 2.57. The van der Waals surface area contributed by atoms with Gasteiger partial charge in [-0.05, 0) is 74.2 Å². The van der Waals surface area contributed by atoms with Crippen LogP contribution in [0.2, 0.25) is 5.02 Å². The summed E-state index contributed by atoms with van der Waals surface area (Å²) in [6, 6.07) is 10.0. The van der Waals surface area contributed by atoms with Crippen LogP contribution in [0.3, 0.4) is 0 Å². The molecular formula is C21H20ClF3N4O2. The lowest BCUT2D eigenvalue weighted by molar-refractivity contribution is -0.137. The summed E-state index contributed by atoms with van der Waals surface area (Å²) in [4.78, 5) is 24.9. The third-order valence-corrected chi connectivity index (χ3v) is 5.95. The van der Waals surface area contributed by atoms with Crippen LogP contribution in [0, 0.1) is 0 Å². The topological polar surface area (TPSA) is 82.3 Å². The minimum Gasteiger partial charge on any atom is -0.330 e. The number of rotatable bonds is 5. The predicted molar refractivity (Wildman–Crippen MR) is 111 cm³/mol. The summed E-state index contributed by atoms with van der Waals surface area (Å²) in [6.07, 6.45) is -1.58. The molecule has 2 aromatic carbocycles. The Labute approximate surface area is 181 Å². The number of nitrogens with one attached hydrogen (secondary N) is 4. The number of halogens is 4. The van der Waals surface area contributed by atoms with Gasteiger partial charge in [-0.15, -0.1) is 0 Å². The van der Waals surface area contributed by atoms with Gasteiger partial charge in [-0.2, -0.15) is 13.2 Å². The van der Waals surface area contributed by atoms with E-state index in [2.05, 4.69) is 21.3 Å². The fourth-order valence-corrected chi connectivity index (χ4v) is 3.86. The normalized spacial score (nSPS) is 17.9. The number of anilines is 2. The summed E-state index contributed by atoms with van der Waals surface area (Å²) < 4.78 is 38.0. The van der Waals surface area contributed by atoms with Gasteiger partial charge in [-0.3, -0.25) is 0 Å². The molecule has 0 aliphatic heterocycles. The van der Waals surface area contributed by atoms with Crippen molar-refractivity contribution in [1.82, 2.24) is 10.6 Å². The molecule has 2 saturated carbocycles. The van der Waals surface area contributed by atoms with Crippen molar-refractivity contribution < 1.29 is 22.8 Å². The molecule has 4 N–H and O–H groups in total. The smallest absolute Gasteiger partial charge is 0.330 e. The Morgan fingerprint density at radius 2 is 1.13 bits per heavy atom. The Morgan fingerprint density at radius 1 is 0.742 bits per heavy atom. The molecule has 0 unspecified atom stereocenters. The van der Waals surface area contributed by atoms with Gasteiger partial charge in [0.15, 0.2) is 0 Å². The molecule has 0 atom stereocenters. The molecule has 2 aliphatic rings. The van der Waals surface area contributed by atoms with Crippen LogP contribution in [0.4, 0.5) is 34.1 Å². The van der Waals surface area contributed by atoms with E-state index in [9.17, 15) is 22.8 Å². The fraction of sp³-hybridized carbons (Fsp3) is 0.333. The first kappa shape index (κ1) is 21.3. The molecule has 31 heavy (non-hydrogen) atoms. The van der Waals surface area contributed by atoms with E-state index in [1.807, 2.05) is 0 Å². The largest absolute Gasteiger partial charge is 0.416 e. The molecule has 4 rings (SSSR count). The summed E-state index contributed by atoms with van der Waals surface area (Å²) in [5, 5.41) is 11.7. The third-order valence-electron chi connectivity index (χ3n) is 5.69. The number of amides is 4. The zero-order chi connectivity index (χ0) is 22.3. The number of alkyl halides is 3. The van der Waals surface area contributed by atoms with Crippen molar-refractivity contribution in [2.75, 3.05) is 10.6 Å². The van der Waals surface area contributed by atoms with Crippen LogP contribution in [0.5, 0.6) is 0 Å². The summed E-state index contributed by atoms with van der Waals surface area (Å²) in [5.41, 5.74) is -1.05. The molecule has 2 aromatic rings. The van der Waals surface area contributed by atoms with Crippen LogP contribution in [0.1, 0.15) is 31.2 Å². The highest BCUT2D eigenvalue weighted by atomic mass is 35.5. The quantitative estimate of drug-likeness (QED) is 0.492. The Kier molecular flexibility index (Phi) is 5.25. The molecule has 0 spiro atoms. The highest BCUT2D eigenvalue weighted by molar-refractivity contribution is 6.30. The van der Waals surface area contributed by atoms with Gasteiger partial charge in [-0.1, -0.05) is 11.6 Å². The first-order valence-corrected chi connectivity index (χ1v) is 10.1.